The lowest BCUT2D eigenvalue weighted by molar-refractivity contribution is 0.0899. The van der Waals surface area contributed by atoms with Crippen molar-refractivity contribution < 1.29 is 4.79 Å². The fourth-order valence-electron chi connectivity index (χ4n) is 2.06. The van der Waals surface area contributed by atoms with Gasteiger partial charge in [0, 0.05) is 24.2 Å². The van der Waals surface area contributed by atoms with Crippen molar-refractivity contribution >= 4 is 5.91 Å². The Hall–Kier alpha value is -1.35. The summed E-state index contributed by atoms with van der Waals surface area (Å²) in [6.45, 7) is 6.17. The monoisotopic (exact) mass is 260 g/mol. The Bertz CT molecular complexity index is 424. The van der Waals surface area contributed by atoms with Gasteiger partial charge >= 0.3 is 0 Å². The van der Waals surface area contributed by atoms with Gasteiger partial charge in [0.2, 0.25) is 0 Å². The Kier molecular flexibility index (Phi) is 4.25. The first-order valence-corrected chi connectivity index (χ1v) is 7.03. The molecule has 0 bridgehead atoms. The largest absolute Gasteiger partial charge is 0.350 e. The normalized spacial score (nSPS) is 15.6. The molecule has 0 aliphatic heterocycles. The van der Waals surface area contributed by atoms with Crippen LogP contribution in [-0.4, -0.2) is 36.5 Å². The first-order valence-electron chi connectivity index (χ1n) is 7.03. The molecule has 104 valence electrons. The van der Waals surface area contributed by atoms with Gasteiger partial charge in [-0.15, -0.1) is 0 Å². The standard InChI is InChI=1S/C16H24N2O/c1-16(2,18(3)11-13-9-10-13)12-17-15(19)14-7-5-4-6-8-14/h4-8,13H,9-12H2,1-3H3,(H,17,19). The molecule has 2 rings (SSSR count). The van der Waals surface area contributed by atoms with Crippen LogP contribution in [0.15, 0.2) is 30.3 Å². The first-order chi connectivity index (χ1) is 8.99. The minimum atomic E-state index is -0.00691. The van der Waals surface area contributed by atoms with Gasteiger partial charge in [-0.1, -0.05) is 18.2 Å². The third kappa shape index (κ3) is 4.06. The third-order valence-corrected chi connectivity index (χ3v) is 3.98. The van der Waals surface area contributed by atoms with Gasteiger partial charge in [-0.3, -0.25) is 9.69 Å². The Morgan fingerprint density at radius 2 is 1.95 bits per heavy atom. The van der Waals surface area contributed by atoms with Crippen molar-refractivity contribution in [2.75, 3.05) is 20.1 Å². The molecule has 1 aliphatic rings. The Balaban J connectivity index is 1.84. The van der Waals surface area contributed by atoms with Crippen LogP contribution in [0.2, 0.25) is 0 Å². The van der Waals surface area contributed by atoms with Crippen LogP contribution in [0.4, 0.5) is 0 Å². The zero-order chi connectivity index (χ0) is 13.9. The molecule has 0 atom stereocenters. The molecule has 0 radical (unpaired) electrons. The van der Waals surface area contributed by atoms with Crippen molar-refractivity contribution in [3.63, 3.8) is 0 Å². The molecule has 0 saturated heterocycles. The van der Waals surface area contributed by atoms with E-state index in [0.29, 0.717) is 6.54 Å². The van der Waals surface area contributed by atoms with Crippen molar-refractivity contribution in [2.45, 2.75) is 32.2 Å². The van der Waals surface area contributed by atoms with Crippen LogP contribution in [0, 0.1) is 5.92 Å². The summed E-state index contributed by atoms with van der Waals surface area (Å²) in [5.41, 5.74) is 0.718. The molecule has 0 spiro atoms. The maximum atomic E-state index is 12.0. The summed E-state index contributed by atoms with van der Waals surface area (Å²) >= 11 is 0. The van der Waals surface area contributed by atoms with E-state index >= 15 is 0 Å². The minimum Gasteiger partial charge on any atom is -0.350 e. The van der Waals surface area contributed by atoms with Crippen LogP contribution in [0.3, 0.4) is 0 Å². The van der Waals surface area contributed by atoms with E-state index in [1.54, 1.807) is 0 Å². The van der Waals surface area contributed by atoms with Crippen LogP contribution in [0.25, 0.3) is 0 Å². The average Bonchev–Trinajstić information content (AvgIpc) is 3.21. The summed E-state index contributed by atoms with van der Waals surface area (Å²) in [6, 6.07) is 9.38. The quantitative estimate of drug-likeness (QED) is 0.852. The van der Waals surface area contributed by atoms with Crippen molar-refractivity contribution in [2.24, 2.45) is 5.92 Å². The molecule has 1 N–H and O–H groups in total. The summed E-state index contributed by atoms with van der Waals surface area (Å²) in [7, 11) is 2.15. The predicted molar refractivity (Wildman–Crippen MR) is 78.2 cm³/mol. The number of hydrogen-bond acceptors (Lipinski definition) is 2. The van der Waals surface area contributed by atoms with E-state index in [0.717, 1.165) is 18.0 Å². The second kappa shape index (κ2) is 5.74. The van der Waals surface area contributed by atoms with Crippen LogP contribution in [-0.2, 0) is 0 Å². The van der Waals surface area contributed by atoms with E-state index in [4.69, 9.17) is 0 Å². The minimum absolute atomic E-state index is 0.00691. The Labute approximate surface area is 116 Å². The number of hydrogen-bond donors (Lipinski definition) is 1. The van der Waals surface area contributed by atoms with Gasteiger partial charge in [0.1, 0.15) is 0 Å². The maximum Gasteiger partial charge on any atom is 0.251 e. The van der Waals surface area contributed by atoms with E-state index < -0.39 is 0 Å². The first kappa shape index (κ1) is 14.1. The van der Waals surface area contributed by atoms with Gasteiger partial charge in [0.25, 0.3) is 5.91 Å². The molecule has 1 saturated carbocycles. The molecular formula is C16H24N2O. The maximum absolute atomic E-state index is 12.0. The van der Waals surface area contributed by atoms with Crippen LogP contribution in [0.5, 0.6) is 0 Å². The summed E-state index contributed by atoms with van der Waals surface area (Å²) in [6.07, 6.45) is 2.72. The number of nitrogens with zero attached hydrogens (tertiary/aromatic N) is 1. The number of likely N-dealkylation sites (N-methyl/N-ethyl adjacent to an activating group) is 1. The number of carbonyl (C=O) groups excluding carboxylic acids is 1. The van der Waals surface area contributed by atoms with Crippen molar-refractivity contribution in [3.8, 4) is 0 Å². The van der Waals surface area contributed by atoms with E-state index in [-0.39, 0.29) is 11.4 Å². The molecule has 3 heteroatoms. The van der Waals surface area contributed by atoms with Gasteiger partial charge in [0.15, 0.2) is 0 Å². The van der Waals surface area contributed by atoms with E-state index in [9.17, 15) is 4.79 Å². The smallest absolute Gasteiger partial charge is 0.251 e. The number of benzene rings is 1. The summed E-state index contributed by atoms with van der Waals surface area (Å²) in [4.78, 5) is 14.4. The second-order valence-corrected chi connectivity index (χ2v) is 6.19. The highest BCUT2D eigenvalue weighted by Crippen LogP contribution is 2.31. The SMILES string of the molecule is CN(CC1CC1)C(C)(C)CNC(=O)c1ccccc1. The van der Waals surface area contributed by atoms with Gasteiger partial charge in [-0.25, -0.2) is 0 Å². The number of amides is 1. The topological polar surface area (TPSA) is 32.3 Å². The van der Waals surface area contributed by atoms with Crippen LogP contribution >= 0.6 is 0 Å². The third-order valence-electron chi connectivity index (χ3n) is 3.98. The highest BCUT2D eigenvalue weighted by atomic mass is 16.1. The lowest BCUT2D eigenvalue weighted by atomic mass is 10.0. The van der Waals surface area contributed by atoms with Crippen molar-refractivity contribution in [1.29, 1.82) is 0 Å². The van der Waals surface area contributed by atoms with Crippen molar-refractivity contribution in [3.05, 3.63) is 35.9 Å². The fourth-order valence-corrected chi connectivity index (χ4v) is 2.06. The molecule has 1 aromatic carbocycles. The molecule has 19 heavy (non-hydrogen) atoms. The van der Waals surface area contributed by atoms with Crippen LogP contribution in [0.1, 0.15) is 37.0 Å². The lowest BCUT2D eigenvalue weighted by Crippen LogP contribution is -2.50. The molecule has 0 unspecified atom stereocenters. The van der Waals surface area contributed by atoms with Crippen molar-refractivity contribution in [1.82, 2.24) is 10.2 Å². The Morgan fingerprint density at radius 3 is 2.53 bits per heavy atom. The van der Waals surface area contributed by atoms with Crippen LogP contribution < -0.4 is 5.32 Å². The summed E-state index contributed by atoms with van der Waals surface area (Å²) in [5.74, 6) is 0.877. The molecule has 1 aromatic rings. The van der Waals surface area contributed by atoms with E-state index in [1.807, 2.05) is 30.3 Å². The van der Waals surface area contributed by atoms with Gasteiger partial charge in [-0.2, -0.15) is 0 Å². The van der Waals surface area contributed by atoms with E-state index in [1.165, 1.54) is 12.8 Å². The molecule has 0 aromatic heterocycles. The molecule has 3 nitrogen and oxygen atoms in total. The highest BCUT2D eigenvalue weighted by Gasteiger charge is 2.30. The number of carbonyl (C=O) groups is 1. The number of rotatable bonds is 6. The fraction of sp³-hybridized carbons (Fsp3) is 0.562. The Morgan fingerprint density at radius 1 is 1.32 bits per heavy atom. The predicted octanol–water partition coefficient (Wildman–Crippen LogP) is 2.54. The highest BCUT2D eigenvalue weighted by molar-refractivity contribution is 5.94. The average molecular weight is 260 g/mol. The zero-order valence-corrected chi connectivity index (χ0v) is 12.1. The second-order valence-electron chi connectivity index (χ2n) is 6.19. The summed E-state index contributed by atoms with van der Waals surface area (Å²) < 4.78 is 0. The molecule has 1 aliphatic carbocycles. The van der Waals surface area contributed by atoms with Gasteiger partial charge < -0.3 is 5.32 Å². The van der Waals surface area contributed by atoms with Gasteiger partial charge in [-0.05, 0) is 51.8 Å². The molecule has 0 heterocycles. The zero-order valence-electron chi connectivity index (χ0n) is 12.1. The molecule has 1 amide bonds. The lowest BCUT2D eigenvalue weighted by Gasteiger charge is -2.36. The molecular weight excluding hydrogens is 236 g/mol. The molecule has 1 fully saturated rings. The number of nitrogens with one attached hydrogen (secondary N) is 1. The van der Waals surface area contributed by atoms with Gasteiger partial charge in [0.05, 0.1) is 0 Å². The van der Waals surface area contributed by atoms with E-state index in [2.05, 4.69) is 31.1 Å². The summed E-state index contributed by atoms with van der Waals surface area (Å²) in [5, 5.41) is 3.03.